The second-order valence-corrected chi connectivity index (χ2v) is 14.5. The lowest BCUT2D eigenvalue weighted by Gasteiger charge is -2.26. The fraction of sp³-hybridized carbons (Fsp3) is 0.841. The van der Waals surface area contributed by atoms with Crippen LogP contribution in [0.15, 0.2) is 36.5 Å². The summed E-state index contributed by atoms with van der Waals surface area (Å²) in [5.41, 5.74) is 0. The molecule has 0 aromatic heterocycles. The van der Waals surface area contributed by atoms with Gasteiger partial charge in [0.15, 0.2) is 0 Å². The van der Waals surface area contributed by atoms with E-state index >= 15 is 0 Å². The predicted octanol–water partition coefficient (Wildman–Crippen LogP) is 12.0. The van der Waals surface area contributed by atoms with E-state index in [9.17, 15) is 20.1 Å². The van der Waals surface area contributed by atoms with Crippen molar-refractivity contribution in [3.8, 4) is 0 Å². The molecule has 288 valence electrons. The Balaban J connectivity index is 3.73. The van der Waals surface area contributed by atoms with Crippen molar-refractivity contribution in [1.29, 1.82) is 0 Å². The van der Waals surface area contributed by atoms with Gasteiger partial charge in [-0.25, -0.2) is 0 Å². The van der Waals surface area contributed by atoms with Gasteiger partial charge in [-0.15, -0.1) is 0 Å². The summed E-state index contributed by atoms with van der Waals surface area (Å²) >= 11 is 0. The van der Waals surface area contributed by atoms with Crippen molar-refractivity contribution in [2.24, 2.45) is 0 Å². The summed E-state index contributed by atoms with van der Waals surface area (Å²) in [6.45, 7) is 4.15. The first-order valence-electron chi connectivity index (χ1n) is 21.3. The molecule has 0 rings (SSSR count). The lowest BCUT2D eigenvalue weighted by Crippen LogP contribution is -2.50. The van der Waals surface area contributed by atoms with Gasteiger partial charge in [0.25, 0.3) is 0 Å². The zero-order chi connectivity index (χ0) is 35.9. The van der Waals surface area contributed by atoms with Gasteiger partial charge in [-0.05, 0) is 77.0 Å². The Morgan fingerprint density at radius 1 is 0.490 bits per heavy atom. The van der Waals surface area contributed by atoms with Gasteiger partial charge in [-0.1, -0.05) is 166 Å². The minimum Gasteiger partial charge on any atom is -0.394 e. The molecular weight excluding hydrogens is 606 g/mol. The molecule has 49 heavy (non-hydrogen) atoms. The van der Waals surface area contributed by atoms with E-state index < -0.39 is 18.2 Å². The molecule has 0 aliphatic rings. The Morgan fingerprint density at radius 3 is 1.24 bits per heavy atom. The average Bonchev–Trinajstić information content (AvgIpc) is 3.10. The monoisotopic (exact) mass is 690 g/mol. The van der Waals surface area contributed by atoms with Gasteiger partial charge in [-0.2, -0.15) is 0 Å². The highest BCUT2D eigenvalue weighted by molar-refractivity contribution is 5.76. The molecule has 1 amide bonds. The molecular formula is C44H83NO4. The Morgan fingerprint density at radius 2 is 0.837 bits per heavy atom. The number of allylic oxidation sites excluding steroid dienone is 6. The van der Waals surface area contributed by atoms with Gasteiger partial charge >= 0.3 is 0 Å². The molecule has 5 nitrogen and oxygen atoms in total. The zero-order valence-corrected chi connectivity index (χ0v) is 32.6. The topological polar surface area (TPSA) is 89.8 Å². The van der Waals surface area contributed by atoms with Crippen molar-refractivity contribution < 1.29 is 20.1 Å². The SMILES string of the molecule is CCCCCCCCC/C=C\CCCCCCCC(=O)NC(CO)C(O)C(O)CCC/C=C/CC/C=C/CCCCCCCCCCCC. The molecule has 0 heterocycles. The van der Waals surface area contributed by atoms with Crippen LogP contribution in [-0.2, 0) is 4.79 Å². The highest BCUT2D eigenvalue weighted by Crippen LogP contribution is 2.14. The summed E-state index contributed by atoms with van der Waals surface area (Å²) in [5, 5.41) is 33.5. The number of carbonyl (C=O) groups excluding carboxylic acids is 1. The van der Waals surface area contributed by atoms with Crippen LogP contribution in [0.4, 0.5) is 0 Å². The first kappa shape index (κ1) is 47.6. The van der Waals surface area contributed by atoms with E-state index in [0.717, 1.165) is 51.4 Å². The third-order valence-electron chi connectivity index (χ3n) is 9.69. The largest absolute Gasteiger partial charge is 0.394 e. The van der Waals surface area contributed by atoms with Crippen molar-refractivity contribution in [3.63, 3.8) is 0 Å². The second kappa shape index (κ2) is 39.4. The van der Waals surface area contributed by atoms with Gasteiger partial charge in [0, 0.05) is 6.42 Å². The normalized spacial score (nSPS) is 14.0. The van der Waals surface area contributed by atoms with Crippen LogP contribution in [0.3, 0.4) is 0 Å². The molecule has 0 fully saturated rings. The number of unbranched alkanes of at least 4 members (excludes halogenated alkanes) is 24. The quantitative estimate of drug-likeness (QED) is 0.0384. The summed E-state index contributed by atoms with van der Waals surface area (Å²) in [4.78, 5) is 12.4. The van der Waals surface area contributed by atoms with Crippen LogP contribution in [0.1, 0.15) is 213 Å². The Kier molecular flexibility index (Phi) is 38.2. The fourth-order valence-corrected chi connectivity index (χ4v) is 6.35. The minimum atomic E-state index is -1.17. The molecule has 0 radical (unpaired) electrons. The molecule has 0 saturated heterocycles. The van der Waals surface area contributed by atoms with Crippen LogP contribution in [0.25, 0.3) is 0 Å². The molecule has 0 bridgehead atoms. The van der Waals surface area contributed by atoms with E-state index in [0.29, 0.717) is 12.8 Å². The van der Waals surface area contributed by atoms with E-state index in [1.165, 1.54) is 135 Å². The molecule has 0 aliphatic carbocycles. The van der Waals surface area contributed by atoms with Gasteiger partial charge in [0.05, 0.1) is 18.8 Å². The number of hydrogen-bond acceptors (Lipinski definition) is 4. The number of hydrogen-bond donors (Lipinski definition) is 4. The first-order chi connectivity index (χ1) is 24.1. The lowest BCUT2D eigenvalue weighted by molar-refractivity contribution is -0.124. The van der Waals surface area contributed by atoms with Gasteiger partial charge < -0.3 is 20.6 Å². The van der Waals surface area contributed by atoms with E-state index in [2.05, 4.69) is 55.6 Å². The van der Waals surface area contributed by atoms with Gasteiger partial charge in [0.2, 0.25) is 5.91 Å². The second-order valence-electron chi connectivity index (χ2n) is 14.5. The Bertz CT molecular complexity index is 764. The molecule has 0 spiro atoms. The molecule has 0 aliphatic heterocycles. The Labute approximate surface area is 304 Å². The number of amides is 1. The van der Waals surface area contributed by atoms with Crippen molar-refractivity contribution in [2.45, 2.75) is 231 Å². The zero-order valence-electron chi connectivity index (χ0n) is 32.6. The summed E-state index contributed by atoms with van der Waals surface area (Å²) in [6, 6.07) is -0.835. The van der Waals surface area contributed by atoms with Crippen LogP contribution in [0, 0.1) is 0 Å². The number of aliphatic hydroxyl groups is 3. The number of aliphatic hydroxyl groups excluding tert-OH is 3. The fourth-order valence-electron chi connectivity index (χ4n) is 6.35. The Hall–Kier alpha value is -1.43. The summed E-state index contributed by atoms with van der Waals surface area (Å²) in [6.07, 6.45) is 48.2. The van der Waals surface area contributed by atoms with Crippen molar-refractivity contribution >= 4 is 5.91 Å². The van der Waals surface area contributed by atoms with Crippen molar-refractivity contribution in [3.05, 3.63) is 36.5 Å². The van der Waals surface area contributed by atoms with Crippen LogP contribution in [0.2, 0.25) is 0 Å². The highest BCUT2D eigenvalue weighted by atomic mass is 16.3. The molecule has 5 heteroatoms. The summed E-state index contributed by atoms with van der Waals surface area (Å²) in [5.74, 6) is -0.168. The third-order valence-corrected chi connectivity index (χ3v) is 9.69. The maximum Gasteiger partial charge on any atom is 0.220 e. The maximum atomic E-state index is 12.4. The smallest absolute Gasteiger partial charge is 0.220 e. The standard InChI is InChI=1S/C44H83NO4/c1-3-5-7-9-11-13-15-17-19-21-22-23-24-26-28-30-32-34-36-38-42(47)44(49)41(40-46)45-43(48)39-37-35-33-31-29-27-25-20-18-16-14-12-10-8-6-4-2/h20,23-25,30,32,41-42,44,46-47,49H,3-19,21-22,26-29,31,33-40H2,1-2H3,(H,45,48)/b24-23+,25-20-,32-30+. The third kappa shape index (κ3) is 34.8. The molecule has 3 atom stereocenters. The van der Waals surface area contributed by atoms with Gasteiger partial charge in [-0.3, -0.25) is 4.79 Å². The molecule has 3 unspecified atom stereocenters. The molecule has 0 saturated carbocycles. The average molecular weight is 690 g/mol. The predicted molar refractivity (Wildman–Crippen MR) is 213 cm³/mol. The number of nitrogens with one attached hydrogen (secondary N) is 1. The minimum absolute atomic E-state index is 0.168. The van der Waals surface area contributed by atoms with Crippen molar-refractivity contribution in [1.82, 2.24) is 5.32 Å². The van der Waals surface area contributed by atoms with Crippen LogP contribution < -0.4 is 5.32 Å². The maximum absolute atomic E-state index is 12.4. The van der Waals surface area contributed by atoms with Crippen molar-refractivity contribution in [2.75, 3.05) is 6.61 Å². The molecule has 4 N–H and O–H groups in total. The lowest BCUT2D eigenvalue weighted by atomic mass is 10.0. The van der Waals surface area contributed by atoms with E-state index in [1.807, 2.05) is 0 Å². The number of rotatable bonds is 38. The first-order valence-corrected chi connectivity index (χ1v) is 21.3. The molecule has 0 aromatic carbocycles. The van der Waals surface area contributed by atoms with Crippen LogP contribution in [0.5, 0.6) is 0 Å². The highest BCUT2D eigenvalue weighted by Gasteiger charge is 2.26. The van der Waals surface area contributed by atoms with E-state index in [1.54, 1.807) is 0 Å². The van der Waals surface area contributed by atoms with Crippen LogP contribution >= 0.6 is 0 Å². The number of carbonyl (C=O) groups is 1. The van der Waals surface area contributed by atoms with E-state index in [-0.39, 0.29) is 12.5 Å². The van der Waals surface area contributed by atoms with Crippen LogP contribution in [-0.4, -0.2) is 46.1 Å². The molecule has 0 aromatic rings. The summed E-state index contributed by atoms with van der Waals surface area (Å²) < 4.78 is 0. The summed E-state index contributed by atoms with van der Waals surface area (Å²) in [7, 11) is 0. The van der Waals surface area contributed by atoms with Gasteiger partial charge in [0.1, 0.15) is 6.10 Å². The van der Waals surface area contributed by atoms with E-state index in [4.69, 9.17) is 0 Å².